The van der Waals surface area contributed by atoms with Crippen LogP contribution >= 0.6 is 0 Å². The van der Waals surface area contributed by atoms with Crippen molar-refractivity contribution < 1.29 is 12.2 Å². The molecular weight excluding hydrogens is 324 g/mol. The molecule has 0 fully saturated rings. The molecule has 0 N–H and O–H groups in total. The van der Waals surface area contributed by atoms with Gasteiger partial charge in [0.15, 0.2) is 0 Å². The summed E-state index contributed by atoms with van der Waals surface area (Å²) in [5.74, 6) is -0.320. The van der Waals surface area contributed by atoms with Gasteiger partial charge in [-0.05, 0) is 0 Å². The first-order chi connectivity index (χ1) is 4.70. The summed E-state index contributed by atoms with van der Waals surface area (Å²) in [4.78, 5) is 10.5. The second-order valence-electron chi connectivity index (χ2n) is 1.72. The first-order valence-corrected chi connectivity index (χ1v) is 7.32. The molecule has 0 saturated heterocycles. The van der Waals surface area contributed by atoms with Gasteiger partial charge >= 0.3 is 73.2 Å². The zero-order chi connectivity index (χ0) is 7.98. The van der Waals surface area contributed by atoms with Crippen LogP contribution in [-0.2, 0) is 12.2 Å². The third kappa shape index (κ3) is 4.92. The van der Waals surface area contributed by atoms with Crippen molar-refractivity contribution in [2.75, 3.05) is 7.11 Å². The van der Waals surface area contributed by atoms with E-state index in [1.807, 2.05) is 6.92 Å². The molecule has 0 radical (unpaired) electrons. The normalized spacial score (nSPS) is 11.4. The van der Waals surface area contributed by atoms with E-state index >= 15 is 0 Å². The summed E-state index contributed by atoms with van der Waals surface area (Å²) < 4.78 is 9.95. The van der Waals surface area contributed by atoms with Crippen LogP contribution in [0.15, 0.2) is 12.7 Å². The van der Waals surface area contributed by atoms with E-state index in [1.165, 1.54) is 6.08 Å². The van der Waals surface area contributed by atoms with E-state index in [0.717, 1.165) is 0 Å². The van der Waals surface area contributed by atoms with Gasteiger partial charge in [-0.3, -0.25) is 0 Å². The van der Waals surface area contributed by atoms with Crippen LogP contribution in [-0.4, -0.2) is 41.4 Å². The van der Waals surface area contributed by atoms with E-state index in [-0.39, 0.29) is 9.63 Å². The molecule has 0 spiro atoms. The monoisotopic (exact) mass is 335 g/mol. The second-order valence-corrected chi connectivity index (χ2v) is 7.34. The van der Waals surface area contributed by atoms with E-state index < -0.39 is 24.7 Å². The van der Waals surface area contributed by atoms with E-state index in [2.05, 4.69) is 6.58 Å². The van der Waals surface area contributed by atoms with Gasteiger partial charge in [-0.1, -0.05) is 0 Å². The summed E-state index contributed by atoms with van der Waals surface area (Å²) in [5, 5.41) is 0. The predicted molar refractivity (Wildman–Crippen MR) is 38.5 cm³/mol. The van der Waals surface area contributed by atoms with Gasteiger partial charge in [-0.2, -0.15) is 0 Å². The molecule has 0 aliphatic heterocycles. The third-order valence-electron chi connectivity index (χ3n) is 0.914. The number of hydrogen-bond donors (Lipinski definition) is 0. The van der Waals surface area contributed by atoms with E-state index in [1.54, 1.807) is 7.11 Å². The molecule has 1 atom stereocenters. The van der Waals surface area contributed by atoms with Gasteiger partial charge in [0.2, 0.25) is 0 Å². The molecule has 55 valence electrons. The summed E-state index contributed by atoms with van der Waals surface area (Å²) in [6, 6.07) is 0. The molecule has 4 heteroatoms. The van der Waals surface area contributed by atoms with Crippen molar-refractivity contribution in [3.05, 3.63) is 12.7 Å². The number of rotatable bonds is 4. The number of methoxy groups -OCH3 is 1. The van der Waals surface area contributed by atoms with Gasteiger partial charge in [0.1, 0.15) is 0 Å². The van der Waals surface area contributed by atoms with Crippen LogP contribution in [0, 0.1) is 0 Å². The van der Waals surface area contributed by atoms with Gasteiger partial charge in [-0.15, -0.1) is 0 Å². The van der Waals surface area contributed by atoms with Crippen LogP contribution in [0.2, 0.25) is 0 Å². The van der Waals surface area contributed by atoms with Crippen LogP contribution in [0.4, 0.5) is 0 Å². The standard InChI is InChI=1S/C3H4O2.C3H7O.Tl/c1-2-3(4)5;1-3-4-2;/h2H,1H2,(H,4,5);3H,1-2H3;/q;;+1/p-1. The molecule has 0 bridgehead atoms. The van der Waals surface area contributed by atoms with Crippen molar-refractivity contribution >= 4 is 30.7 Å². The molecular formula is C6H10O3Tl. The fraction of sp³-hybridized carbons (Fsp3) is 0.500. The van der Waals surface area contributed by atoms with E-state index in [4.69, 9.17) is 7.42 Å². The summed E-state index contributed by atoms with van der Waals surface area (Å²) in [7, 11) is 1.61. The maximum atomic E-state index is 10.5. The number of ether oxygens (including phenoxy) is 1. The van der Waals surface area contributed by atoms with Crippen LogP contribution in [0.3, 0.4) is 0 Å². The number of hydrogen-bond acceptors (Lipinski definition) is 3. The molecule has 0 aromatic carbocycles. The predicted octanol–water partition coefficient (Wildman–Crippen LogP) is 0.327. The fourth-order valence-electron chi connectivity index (χ4n) is 0.267. The van der Waals surface area contributed by atoms with Gasteiger partial charge in [-0.25, -0.2) is 0 Å². The molecule has 0 aromatic rings. The minimum absolute atomic E-state index is 0.156. The van der Waals surface area contributed by atoms with Gasteiger partial charge in [0.05, 0.1) is 0 Å². The van der Waals surface area contributed by atoms with Crippen LogP contribution in [0.5, 0.6) is 0 Å². The zero-order valence-corrected chi connectivity index (χ0v) is 10.7. The quantitative estimate of drug-likeness (QED) is 0.549. The van der Waals surface area contributed by atoms with Crippen molar-refractivity contribution in [3.8, 4) is 0 Å². The SMILES string of the molecule is C=CC(=O)[O][Tl][CH](C)OC. The second kappa shape index (κ2) is 5.85. The molecule has 3 nitrogen and oxygen atoms in total. The Balaban J connectivity index is 3.34. The van der Waals surface area contributed by atoms with Crippen molar-refractivity contribution in [1.29, 1.82) is 0 Å². The van der Waals surface area contributed by atoms with Crippen molar-refractivity contribution in [2.45, 2.75) is 10.6 Å². The van der Waals surface area contributed by atoms with Crippen molar-refractivity contribution in [3.63, 3.8) is 0 Å². The first-order valence-electron chi connectivity index (χ1n) is 2.90. The number of carbonyl (C=O) groups excluding carboxylic acids is 1. The maximum absolute atomic E-state index is 10.5. The van der Waals surface area contributed by atoms with Crippen LogP contribution in [0.1, 0.15) is 6.92 Å². The van der Waals surface area contributed by atoms with E-state index in [9.17, 15) is 4.79 Å². The molecule has 0 saturated carbocycles. The summed E-state index contributed by atoms with van der Waals surface area (Å²) in [6.07, 6.45) is 1.18. The molecule has 0 aliphatic carbocycles. The Morgan fingerprint density at radius 1 is 1.80 bits per heavy atom. The molecule has 0 rings (SSSR count). The Hall–Kier alpha value is 0.0921. The summed E-state index contributed by atoms with van der Waals surface area (Å²) in [6.45, 7) is 5.19. The molecule has 10 heavy (non-hydrogen) atoms. The van der Waals surface area contributed by atoms with Crippen LogP contribution in [0.25, 0.3) is 0 Å². The summed E-state index contributed by atoms with van der Waals surface area (Å²) >= 11 is -1.44. The Kier molecular flexibility index (Phi) is 5.90. The molecule has 0 aliphatic rings. The van der Waals surface area contributed by atoms with Gasteiger partial charge in [0, 0.05) is 0 Å². The first kappa shape index (κ1) is 10.1. The van der Waals surface area contributed by atoms with Crippen LogP contribution < -0.4 is 0 Å². The average Bonchev–Trinajstić information content (AvgIpc) is 1.99. The molecule has 1 unspecified atom stereocenters. The van der Waals surface area contributed by atoms with Crippen molar-refractivity contribution in [2.24, 2.45) is 0 Å². The van der Waals surface area contributed by atoms with Gasteiger partial charge < -0.3 is 0 Å². The Bertz CT molecular complexity index is 124. The van der Waals surface area contributed by atoms with Gasteiger partial charge in [0.25, 0.3) is 0 Å². The molecule has 0 amide bonds. The third-order valence-corrected chi connectivity index (χ3v) is 4.89. The topological polar surface area (TPSA) is 35.5 Å². The van der Waals surface area contributed by atoms with E-state index in [0.29, 0.717) is 0 Å². The Morgan fingerprint density at radius 2 is 2.40 bits per heavy atom. The molecule has 0 aromatic heterocycles. The zero-order valence-electron chi connectivity index (χ0n) is 6.16. The fourth-order valence-corrected chi connectivity index (χ4v) is 2.34. The Morgan fingerprint density at radius 3 is 2.80 bits per heavy atom. The average molecular weight is 335 g/mol. The Labute approximate surface area is 73.3 Å². The summed E-state index contributed by atoms with van der Waals surface area (Å²) in [5.41, 5.74) is 0. The minimum atomic E-state index is -1.44. The van der Waals surface area contributed by atoms with Crippen molar-refractivity contribution in [1.82, 2.24) is 0 Å². The molecule has 0 heterocycles. The number of carbonyl (C=O) groups is 1.